The summed E-state index contributed by atoms with van der Waals surface area (Å²) in [7, 11) is 0. The summed E-state index contributed by atoms with van der Waals surface area (Å²) in [5.74, 6) is -3.15. The molecule has 0 atom stereocenters. The smallest absolute Gasteiger partial charge is 0.336 e. The number of carboxylic acids is 1. The van der Waals surface area contributed by atoms with Gasteiger partial charge in [0.1, 0.15) is 0 Å². The summed E-state index contributed by atoms with van der Waals surface area (Å²) in [6.45, 7) is 1.75. The summed E-state index contributed by atoms with van der Waals surface area (Å²) in [5, 5.41) is 10.2. The minimum atomic E-state index is -1.15. The quantitative estimate of drug-likeness (QED) is 0.730. The van der Waals surface area contributed by atoms with E-state index in [-0.39, 0.29) is 11.3 Å². The van der Waals surface area contributed by atoms with E-state index in [1.54, 1.807) is 13.0 Å². The van der Waals surface area contributed by atoms with Gasteiger partial charge in [0.25, 0.3) is 0 Å². The molecule has 1 N–H and O–H groups in total. The molecule has 6 heteroatoms. The molecule has 1 aromatic heterocycles. The Labute approximate surface area is 135 Å². The lowest BCUT2D eigenvalue weighted by atomic mass is 10.0. The topological polar surface area (TPSA) is 50.2 Å². The Hall–Kier alpha value is -2.53. The molecule has 0 spiro atoms. The lowest BCUT2D eigenvalue weighted by molar-refractivity contribution is 0.0699. The molecule has 2 aromatic carbocycles. The first-order chi connectivity index (χ1) is 10.9. The minimum absolute atomic E-state index is 0.000308. The minimum Gasteiger partial charge on any atom is -0.478 e. The molecule has 3 aromatic rings. The van der Waals surface area contributed by atoms with Crippen molar-refractivity contribution in [2.75, 3.05) is 0 Å². The largest absolute Gasteiger partial charge is 0.478 e. The Kier molecular flexibility index (Phi) is 3.74. The van der Waals surface area contributed by atoms with Crippen LogP contribution in [0.25, 0.3) is 22.2 Å². The number of carbonyl (C=O) groups is 1. The van der Waals surface area contributed by atoms with E-state index in [4.69, 9.17) is 11.6 Å². The fraction of sp³-hybridized carbons (Fsp3) is 0.0588. The van der Waals surface area contributed by atoms with E-state index in [2.05, 4.69) is 4.98 Å². The van der Waals surface area contributed by atoms with Gasteiger partial charge in [-0.3, -0.25) is 0 Å². The molecule has 0 radical (unpaired) electrons. The van der Waals surface area contributed by atoms with Crippen LogP contribution in [0.3, 0.4) is 0 Å². The zero-order chi connectivity index (χ0) is 16.7. The molecule has 0 aliphatic rings. The normalized spacial score (nSPS) is 11.0. The van der Waals surface area contributed by atoms with Crippen LogP contribution in [0.5, 0.6) is 0 Å². The molecule has 0 fully saturated rings. The summed E-state index contributed by atoms with van der Waals surface area (Å²) < 4.78 is 26.5. The van der Waals surface area contributed by atoms with Gasteiger partial charge in [-0.2, -0.15) is 0 Å². The molecule has 3 nitrogen and oxygen atoms in total. The predicted octanol–water partition coefficient (Wildman–Crippen LogP) is 4.84. The van der Waals surface area contributed by atoms with E-state index >= 15 is 0 Å². The highest BCUT2D eigenvalue weighted by atomic mass is 35.5. The fourth-order valence-electron chi connectivity index (χ4n) is 2.44. The van der Waals surface area contributed by atoms with Gasteiger partial charge in [-0.25, -0.2) is 18.6 Å². The monoisotopic (exact) mass is 333 g/mol. The SMILES string of the molecule is Cc1cc(Cl)cc2c(C(=O)O)cc(-c3ccc(F)c(F)c3)nc12. The number of pyridine rings is 1. The van der Waals surface area contributed by atoms with Crippen molar-refractivity contribution in [3.05, 3.63) is 64.2 Å². The number of nitrogens with zero attached hydrogens (tertiary/aromatic N) is 1. The number of aromatic nitrogens is 1. The van der Waals surface area contributed by atoms with Crippen molar-refractivity contribution in [1.29, 1.82) is 0 Å². The maximum absolute atomic E-state index is 13.4. The molecule has 0 saturated carbocycles. The molecule has 0 saturated heterocycles. The summed E-state index contributed by atoms with van der Waals surface area (Å²) in [6.07, 6.45) is 0. The van der Waals surface area contributed by atoms with Crippen molar-refractivity contribution < 1.29 is 18.7 Å². The number of aromatic carboxylic acids is 1. The summed E-state index contributed by atoms with van der Waals surface area (Å²) in [4.78, 5) is 15.9. The highest BCUT2D eigenvalue weighted by Gasteiger charge is 2.16. The van der Waals surface area contributed by atoms with Gasteiger partial charge in [0, 0.05) is 16.0 Å². The maximum Gasteiger partial charge on any atom is 0.336 e. The third kappa shape index (κ3) is 2.75. The molecule has 1 heterocycles. The Balaban J connectivity index is 2.34. The van der Waals surface area contributed by atoms with Crippen LogP contribution in [-0.4, -0.2) is 16.1 Å². The zero-order valence-electron chi connectivity index (χ0n) is 11.9. The van der Waals surface area contributed by atoms with E-state index in [0.29, 0.717) is 27.1 Å². The highest BCUT2D eigenvalue weighted by molar-refractivity contribution is 6.31. The van der Waals surface area contributed by atoms with Crippen molar-refractivity contribution in [2.45, 2.75) is 6.92 Å². The predicted molar refractivity (Wildman–Crippen MR) is 83.8 cm³/mol. The molecular weight excluding hydrogens is 324 g/mol. The van der Waals surface area contributed by atoms with Crippen LogP contribution in [-0.2, 0) is 0 Å². The lowest BCUT2D eigenvalue weighted by Crippen LogP contribution is -2.01. The van der Waals surface area contributed by atoms with Crippen molar-refractivity contribution in [3.63, 3.8) is 0 Å². The van der Waals surface area contributed by atoms with Crippen LogP contribution in [0, 0.1) is 18.6 Å². The average molecular weight is 334 g/mol. The van der Waals surface area contributed by atoms with Crippen LogP contribution < -0.4 is 0 Å². The van der Waals surface area contributed by atoms with E-state index in [1.807, 2.05) is 0 Å². The second-order valence-electron chi connectivity index (χ2n) is 5.11. The Morgan fingerprint density at radius 3 is 2.52 bits per heavy atom. The molecule has 116 valence electrons. The number of halogens is 3. The maximum atomic E-state index is 13.4. The standard InChI is InChI=1S/C17H10ClF2NO2/c1-8-4-10(18)6-11-12(17(22)23)7-15(21-16(8)11)9-2-3-13(19)14(20)5-9/h2-7H,1H3,(H,22,23). The lowest BCUT2D eigenvalue weighted by Gasteiger charge is -2.10. The summed E-state index contributed by atoms with van der Waals surface area (Å²) in [5.41, 5.74) is 1.69. The van der Waals surface area contributed by atoms with Crippen molar-refractivity contribution in [2.24, 2.45) is 0 Å². The van der Waals surface area contributed by atoms with Crippen LogP contribution in [0.15, 0.2) is 36.4 Å². The number of rotatable bonds is 2. The van der Waals surface area contributed by atoms with Crippen LogP contribution in [0.4, 0.5) is 8.78 Å². The van der Waals surface area contributed by atoms with Gasteiger partial charge in [-0.1, -0.05) is 11.6 Å². The van der Waals surface area contributed by atoms with Crippen LogP contribution in [0.2, 0.25) is 5.02 Å². The van der Waals surface area contributed by atoms with Gasteiger partial charge in [0.2, 0.25) is 0 Å². The molecule has 0 amide bonds. The number of hydrogen-bond acceptors (Lipinski definition) is 2. The van der Waals surface area contributed by atoms with Gasteiger partial charge >= 0.3 is 5.97 Å². The molecule has 23 heavy (non-hydrogen) atoms. The fourth-order valence-corrected chi connectivity index (χ4v) is 2.71. The van der Waals surface area contributed by atoms with Gasteiger partial charge < -0.3 is 5.11 Å². The summed E-state index contributed by atoms with van der Waals surface area (Å²) >= 11 is 5.98. The molecule has 0 aliphatic heterocycles. The highest BCUT2D eigenvalue weighted by Crippen LogP contribution is 2.30. The van der Waals surface area contributed by atoms with Crippen LogP contribution in [0.1, 0.15) is 15.9 Å². The van der Waals surface area contributed by atoms with E-state index in [0.717, 1.165) is 12.1 Å². The summed E-state index contributed by atoms with van der Waals surface area (Å²) in [6, 6.07) is 7.83. The number of hydrogen-bond donors (Lipinski definition) is 1. The zero-order valence-corrected chi connectivity index (χ0v) is 12.7. The number of aryl methyl sites for hydroxylation is 1. The third-order valence-corrected chi connectivity index (χ3v) is 3.73. The number of benzene rings is 2. The molecule has 0 unspecified atom stereocenters. The Morgan fingerprint density at radius 1 is 1.13 bits per heavy atom. The van der Waals surface area contributed by atoms with Gasteiger partial charge in [-0.05, 0) is 48.9 Å². The number of carboxylic acid groups (broad SMARTS) is 1. The van der Waals surface area contributed by atoms with Crippen molar-refractivity contribution >= 4 is 28.5 Å². The van der Waals surface area contributed by atoms with Gasteiger partial charge in [-0.15, -0.1) is 0 Å². The first-order valence-electron chi connectivity index (χ1n) is 6.66. The van der Waals surface area contributed by atoms with Gasteiger partial charge in [0.15, 0.2) is 11.6 Å². The van der Waals surface area contributed by atoms with Crippen molar-refractivity contribution in [3.8, 4) is 11.3 Å². The Morgan fingerprint density at radius 2 is 1.87 bits per heavy atom. The molecule has 0 bridgehead atoms. The first-order valence-corrected chi connectivity index (χ1v) is 7.04. The van der Waals surface area contributed by atoms with Crippen LogP contribution >= 0.6 is 11.6 Å². The van der Waals surface area contributed by atoms with E-state index in [9.17, 15) is 18.7 Å². The number of fused-ring (bicyclic) bond motifs is 1. The average Bonchev–Trinajstić information content (AvgIpc) is 2.49. The molecule has 3 rings (SSSR count). The van der Waals surface area contributed by atoms with E-state index < -0.39 is 17.6 Å². The van der Waals surface area contributed by atoms with E-state index in [1.165, 1.54) is 18.2 Å². The first kappa shape index (κ1) is 15.4. The van der Waals surface area contributed by atoms with Gasteiger partial charge in [0.05, 0.1) is 16.8 Å². The second-order valence-corrected chi connectivity index (χ2v) is 5.54. The third-order valence-electron chi connectivity index (χ3n) is 3.51. The molecule has 0 aliphatic carbocycles. The molecular formula is C17H10ClF2NO2. The van der Waals surface area contributed by atoms with Crippen molar-refractivity contribution in [1.82, 2.24) is 4.98 Å². The Bertz CT molecular complexity index is 957. The second kappa shape index (κ2) is 5.59.